The number of halogens is 1. The SMILES string of the molecule is CCc1nc2ccccc2n1CC(=O)N1CCC2(CCNC2)CC1.Cl. The van der Waals surface area contributed by atoms with Crippen LogP contribution in [0.5, 0.6) is 0 Å². The molecule has 1 aromatic carbocycles. The van der Waals surface area contributed by atoms with Crippen LogP contribution >= 0.6 is 12.4 Å². The fourth-order valence-electron chi connectivity index (χ4n) is 4.26. The number of piperidine rings is 1. The highest BCUT2D eigenvalue weighted by atomic mass is 35.5. The molecule has 2 saturated heterocycles. The first-order valence-electron chi connectivity index (χ1n) is 9.13. The lowest BCUT2D eigenvalue weighted by atomic mass is 9.78. The van der Waals surface area contributed by atoms with E-state index < -0.39 is 0 Å². The number of para-hydroxylation sites is 2. The van der Waals surface area contributed by atoms with E-state index in [0.29, 0.717) is 12.0 Å². The van der Waals surface area contributed by atoms with Gasteiger partial charge >= 0.3 is 0 Å². The Labute approximate surface area is 155 Å². The van der Waals surface area contributed by atoms with Crippen LogP contribution in [0.25, 0.3) is 11.0 Å². The van der Waals surface area contributed by atoms with Gasteiger partial charge in [0, 0.05) is 26.1 Å². The van der Waals surface area contributed by atoms with Crippen molar-refractivity contribution in [1.82, 2.24) is 19.8 Å². The fraction of sp³-hybridized carbons (Fsp3) is 0.579. The molecule has 0 bridgehead atoms. The molecule has 0 atom stereocenters. The molecule has 25 heavy (non-hydrogen) atoms. The molecular formula is C19H27ClN4O. The topological polar surface area (TPSA) is 50.2 Å². The molecule has 1 N–H and O–H groups in total. The Bertz CT molecular complexity index is 741. The molecule has 136 valence electrons. The first-order chi connectivity index (χ1) is 11.7. The first kappa shape index (κ1) is 18.2. The number of carbonyl (C=O) groups is 1. The third-order valence-corrected chi connectivity index (χ3v) is 5.85. The lowest BCUT2D eigenvalue weighted by Crippen LogP contribution is -2.45. The van der Waals surface area contributed by atoms with Crippen molar-refractivity contribution < 1.29 is 4.79 Å². The number of nitrogens with zero attached hydrogens (tertiary/aromatic N) is 3. The summed E-state index contributed by atoms with van der Waals surface area (Å²) in [4.78, 5) is 19.6. The average molecular weight is 363 g/mol. The number of imidazole rings is 1. The molecule has 2 aliphatic rings. The summed E-state index contributed by atoms with van der Waals surface area (Å²) in [6.45, 7) is 6.56. The largest absolute Gasteiger partial charge is 0.341 e. The van der Waals surface area contributed by atoms with Crippen molar-refractivity contribution in [2.45, 2.75) is 39.2 Å². The number of aromatic nitrogens is 2. The van der Waals surface area contributed by atoms with Crippen molar-refractivity contribution in [3.63, 3.8) is 0 Å². The van der Waals surface area contributed by atoms with Gasteiger partial charge in [-0.15, -0.1) is 12.4 Å². The van der Waals surface area contributed by atoms with Crippen molar-refractivity contribution in [3.8, 4) is 0 Å². The van der Waals surface area contributed by atoms with Gasteiger partial charge in [-0.05, 0) is 43.4 Å². The highest BCUT2D eigenvalue weighted by molar-refractivity contribution is 5.85. The number of fused-ring (bicyclic) bond motifs is 1. The summed E-state index contributed by atoms with van der Waals surface area (Å²) < 4.78 is 2.10. The van der Waals surface area contributed by atoms with E-state index in [0.717, 1.165) is 62.3 Å². The number of hydrogen-bond acceptors (Lipinski definition) is 3. The van der Waals surface area contributed by atoms with Gasteiger partial charge in [-0.1, -0.05) is 19.1 Å². The minimum atomic E-state index is 0. The normalized spacial score (nSPS) is 19.3. The van der Waals surface area contributed by atoms with E-state index in [1.165, 1.54) is 6.42 Å². The van der Waals surface area contributed by atoms with Crippen LogP contribution in [0.4, 0.5) is 0 Å². The smallest absolute Gasteiger partial charge is 0.242 e. The van der Waals surface area contributed by atoms with Crippen molar-refractivity contribution in [1.29, 1.82) is 0 Å². The van der Waals surface area contributed by atoms with Gasteiger partial charge in [-0.25, -0.2) is 4.98 Å². The lowest BCUT2D eigenvalue weighted by Gasteiger charge is -2.39. The van der Waals surface area contributed by atoms with Gasteiger partial charge in [0.05, 0.1) is 11.0 Å². The van der Waals surface area contributed by atoms with Crippen LogP contribution < -0.4 is 5.32 Å². The van der Waals surface area contributed by atoms with E-state index >= 15 is 0 Å². The molecule has 1 aromatic heterocycles. The Morgan fingerprint density at radius 1 is 1.24 bits per heavy atom. The standard InChI is InChI=1S/C19H26N4O.ClH/c1-2-17-21-15-5-3-4-6-16(15)23(17)13-18(24)22-11-8-19(9-12-22)7-10-20-14-19;/h3-6,20H,2,7-14H2,1H3;1H. The number of benzene rings is 1. The molecule has 0 saturated carbocycles. The first-order valence-corrected chi connectivity index (χ1v) is 9.13. The second-order valence-electron chi connectivity index (χ2n) is 7.26. The summed E-state index contributed by atoms with van der Waals surface area (Å²) in [7, 11) is 0. The van der Waals surface area contributed by atoms with E-state index in [4.69, 9.17) is 0 Å². The van der Waals surface area contributed by atoms with Crippen LogP contribution in [-0.4, -0.2) is 46.5 Å². The molecule has 5 nitrogen and oxygen atoms in total. The van der Waals surface area contributed by atoms with E-state index in [1.54, 1.807) is 0 Å². The van der Waals surface area contributed by atoms with Crippen molar-refractivity contribution >= 4 is 29.3 Å². The molecule has 0 aliphatic carbocycles. The second kappa shape index (κ2) is 7.34. The molecule has 1 amide bonds. The lowest BCUT2D eigenvalue weighted by molar-refractivity contribution is -0.134. The Balaban J connectivity index is 0.00000182. The Hall–Kier alpha value is -1.59. The summed E-state index contributed by atoms with van der Waals surface area (Å²) in [6.07, 6.45) is 4.38. The molecule has 0 unspecified atom stereocenters. The van der Waals surface area contributed by atoms with Crippen LogP contribution in [0, 0.1) is 5.41 Å². The molecule has 2 fully saturated rings. The number of carbonyl (C=O) groups excluding carboxylic acids is 1. The van der Waals surface area contributed by atoms with Crippen molar-refractivity contribution in [3.05, 3.63) is 30.1 Å². The van der Waals surface area contributed by atoms with Crippen LogP contribution in [0.2, 0.25) is 0 Å². The summed E-state index contributed by atoms with van der Waals surface area (Å²) >= 11 is 0. The molecular weight excluding hydrogens is 336 g/mol. The quantitative estimate of drug-likeness (QED) is 0.913. The van der Waals surface area contributed by atoms with Gasteiger partial charge in [0.1, 0.15) is 12.4 Å². The van der Waals surface area contributed by atoms with E-state index in [-0.39, 0.29) is 18.3 Å². The van der Waals surface area contributed by atoms with Crippen molar-refractivity contribution in [2.75, 3.05) is 26.2 Å². The zero-order valence-corrected chi connectivity index (χ0v) is 15.6. The van der Waals surface area contributed by atoms with Crippen molar-refractivity contribution in [2.24, 2.45) is 5.41 Å². The summed E-state index contributed by atoms with van der Waals surface area (Å²) in [5.74, 6) is 1.23. The minimum Gasteiger partial charge on any atom is -0.341 e. The van der Waals surface area contributed by atoms with Crippen LogP contribution in [-0.2, 0) is 17.8 Å². The molecule has 4 rings (SSSR count). The van der Waals surface area contributed by atoms with Crippen LogP contribution in [0.15, 0.2) is 24.3 Å². The van der Waals surface area contributed by atoms with Gasteiger partial charge in [-0.3, -0.25) is 4.79 Å². The zero-order valence-electron chi connectivity index (χ0n) is 14.8. The minimum absolute atomic E-state index is 0. The van der Waals surface area contributed by atoms with Gasteiger partial charge < -0.3 is 14.8 Å². The Kier molecular flexibility index (Phi) is 5.35. The highest BCUT2D eigenvalue weighted by Crippen LogP contribution is 2.37. The number of nitrogens with one attached hydrogen (secondary N) is 1. The maximum atomic E-state index is 12.8. The Morgan fingerprint density at radius 3 is 2.68 bits per heavy atom. The molecule has 2 aromatic rings. The van der Waals surface area contributed by atoms with Gasteiger partial charge in [0.25, 0.3) is 0 Å². The highest BCUT2D eigenvalue weighted by Gasteiger charge is 2.38. The fourth-order valence-corrected chi connectivity index (χ4v) is 4.26. The maximum absolute atomic E-state index is 12.8. The van der Waals surface area contributed by atoms with Gasteiger partial charge in [-0.2, -0.15) is 0 Å². The average Bonchev–Trinajstić information content (AvgIpc) is 3.21. The number of aryl methyl sites for hydroxylation is 1. The molecule has 0 radical (unpaired) electrons. The third kappa shape index (κ3) is 3.40. The van der Waals surface area contributed by atoms with Gasteiger partial charge in [0.15, 0.2) is 0 Å². The molecule has 1 spiro atoms. The molecule has 2 aliphatic heterocycles. The summed E-state index contributed by atoms with van der Waals surface area (Å²) in [5, 5.41) is 3.48. The van der Waals surface area contributed by atoms with E-state index in [1.807, 2.05) is 18.2 Å². The molecule has 6 heteroatoms. The van der Waals surface area contributed by atoms with E-state index in [9.17, 15) is 4.79 Å². The van der Waals surface area contributed by atoms with Crippen LogP contribution in [0.3, 0.4) is 0 Å². The number of hydrogen-bond donors (Lipinski definition) is 1. The molecule has 3 heterocycles. The summed E-state index contributed by atoms with van der Waals surface area (Å²) in [6, 6.07) is 8.10. The second-order valence-corrected chi connectivity index (χ2v) is 7.26. The predicted octanol–water partition coefficient (Wildman–Crippen LogP) is 2.62. The number of likely N-dealkylation sites (tertiary alicyclic amines) is 1. The zero-order chi connectivity index (χ0) is 16.6. The Morgan fingerprint density at radius 2 is 2.00 bits per heavy atom. The monoisotopic (exact) mass is 362 g/mol. The third-order valence-electron chi connectivity index (χ3n) is 5.85. The van der Waals surface area contributed by atoms with E-state index in [2.05, 4.69) is 32.8 Å². The maximum Gasteiger partial charge on any atom is 0.242 e. The number of rotatable bonds is 3. The van der Waals surface area contributed by atoms with Gasteiger partial charge in [0.2, 0.25) is 5.91 Å². The predicted molar refractivity (Wildman–Crippen MR) is 102 cm³/mol. The summed E-state index contributed by atoms with van der Waals surface area (Å²) in [5.41, 5.74) is 2.50. The number of amides is 1. The van der Waals surface area contributed by atoms with Crippen LogP contribution in [0.1, 0.15) is 32.0 Å².